The summed E-state index contributed by atoms with van der Waals surface area (Å²) in [5.41, 5.74) is 0.757. The van der Waals surface area contributed by atoms with Crippen LogP contribution >= 0.6 is 0 Å². The van der Waals surface area contributed by atoms with Crippen molar-refractivity contribution in [1.29, 1.82) is 0 Å². The minimum atomic E-state index is -0.584. The van der Waals surface area contributed by atoms with E-state index in [9.17, 15) is 14.4 Å². The topological polar surface area (TPSA) is 103 Å². The first-order valence-corrected chi connectivity index (χ1v) is 7.75. The standard InChI is InChI=1S/C17H20N2O6/c1-4-24-16(21)14-10(2)18-17(22)19-13(14)9-25-15(20)11-5-7-12(23-3)8-6-11/h5-8,10H,4,9H2,1-3H3,(H2,18,19,22). The van der Waals surface area contributed by atoms with Gasteiger partial charge >= 0.3 is 18.0 Å². The van der Waals surface area contributed by atoms with Crippen molar-refractivity contribution < 1.29 is 28.6 Å². The number of benzene rings is 1. The van der Waals surface area contributed by atoms with Gasteiger partial charge in [0.05, 0.1) is 36.6 Å². The van der Waals surface area contributed by atoms with Gasteiger partial charge in [-0.15, -0.1) is 0 Å². The maximum absolute atomic E-state index is 12.1. The number of carbonyl (C=O) groups is 3. The summed E-state index contributed by atoms with van der Waals surface area (Å²) in [7, 11) is 1.53. The summed E-state index contributed by atoms with van der Waals surface area (Å²) in [4.78, 5) is 35.8. The summed E-state index contributed by atoms with van der Waals surface area (Å²) in [5.74, 6) is -0.542. The largest absolute Gasteiger partial charge is 0.497 e. The lowest BCUT2D eigenvalue weighted by Gasteiger charge is -2.26. The van der Waals surface area contributed by atoms with E-state index in [-0.39, 0.29) is 24.5 Å². The second kappa shape index (κ2) is 8.18. The first-order chi connectivity index (χ1) is 12.0. The van der Waals surface area contributed by atoms with Crippen molar-refractivity contribution in [2.24, 2.45) is 0 Å². The van der Waals surface area contributed by atoms with Crippen molar-refractivity contribution >= 4 is 18.0 Å². The number of carbonyl (C=O) groups excluding carboxylic acids is 3. The summed E-state index contributed by atoms with van der Waals surface area (Å²) in [6.07, 6.45) is 0. The zero-order valence-electron chi connectivity index (χ0n) is 14.3. The van der Waals surface area contributed by atoms with E-state index in [4.69, 9.17) is 14.2 Å². The van der Waals surface area contributed by atoms with Gasteiger partial charge in [0.25, 0.3) is 0 Å². The van der Waals surface area contributed by atoms with Gasteiger partial charge < -0.3 is 24.8 Å². The van der Waals surface area contributed by atoms with Crippen molar-refractivity contribution in [3.63, 3.8) is 0 Å². The number of methoxy groups -OCH3 is 1. The van der Waals surface area contributed by atoms with Crippen LogP contribution in [0, 0.1) is 0 Å². The Balaban J connectivity index is 2.13. The Morgan fingerprint density at radius 3 is 2.40 bits per heavy atom. The summed E-state index contributed by atoms with van der Waals surface area (Å²) in [6.45, 7) is 3.27. The quantitative estimate of drug-likeness (QED) is 0.753. The van der Waals surface area contributed by atoms with E-state index in [1.54, 1.807) is 38.1 Å². The molecule has 1 unspecified atom stereocenters. The van der Waals surface area contributed by atoms with Crippen LogP contribution < -0.4 is 15.4 Å². The number of urea groups is 1. The number of rotatable bonds is 6. The molecule has 1 aliphatic rings. The number of nitrogens with one attached hydrogen (secondary N) is 2. The molecule has 2 N–H and O–H groups in total. The molecule has 1 aromatic carbocycles. The molecule has 0 aromatic heterocycles. The zero-order valence-corrected chi connectivity index (χ0v) is 14.3. The van der Waals surface area contributed by atoms with Gasteiger partial charge in [-0.25, -0.2) is 14.4 Å². The summed E-state index contributed by atoms with van der Waals surface area (Å²) < 4.78 is 15.2. The molecule has 1 aromatic rings. The molecular formula is C17H20N2O6. The molecule has 0 aliphatic carbocycles. The Hall–Kier alpha value is -3.03. The van der Waals surface area contributed by atoms with Crippen LogP contribution in [0.2, 0.25) is 0 Å². The first-order valence-electron chi connectivity index (χ1n) is 7.75. The molecule has 0 spiro atoms. The molecule has 25 heavy (non-hydrogen) atoms. The number of ether oxygens (including phenoxy) is 3. The van der Waals surface area contributed by atoms with Crippen LogP contribution in [0.25, 0.3) is 0 Å². The molecule has 1 atom stereocenters. The summed E-state index contributed by atoms with van der Waals surface area (Å²) >= 11 is 0. The van der Waals surface area contributed by atoms with Crippen LogP contribution in [0.15, 0.2) is 35.5 Å². The van der Waals surface area contributed by atoms with Gasteiger partial charge in [-0.05, 0) is 38.1 Å². The molecule has 0 radical (unpaired) electrons. The van der Waals surface area contributed by atoms with Gasteiger partial charge in [0.15, 0.2) is 0 Å². The molecule has 0 saturated carbocycles. The number of amides is 2. The third-order valence-corrected chi connectivity index (χ3v) is 3.54. The van der Waals surface area contributed by atoms with Gasteiger partial charge in [0.2, 0.25) is 0 Å². The third kappa shape index (κ3) is 4.50. The molecule has 134 valence electrons. The highest BCUT2D eigenvalue weighted by Crippen LogP contribution is 2.16. The van der Waals surface area contributed by atoms with Crippen LogP contribution in [-0.4, -0.2) is 44.3 Å². The van der Waals surface area contributed by atoms with Gasteiger partial charge in [-0.3, -0.25) is 0 Å². The van der Waals surface area contributed by atoms with E-state index in [0.717, 1.165) is 0 Å². The lowest BCUT2D eigenvalue weighted by atomic mass is 10.0. The Morgan fingerprint density at radius 2 is 1.80 bits per heavy atom. The number of hydrogen-bond donors (Lipinski definition) is 2. The van der Waals surface area contributed by atoms with E-state index in [1.165, 1.54) is 7.11 Å². The van der Waals surface area contributed by atoms with E-state index < -0.39 is 24.0 Å². The Bertz CT molecular complexity index is 696. The third-order valence-electron chi connectivity index (χ3n) is 3.54. The van der Waals surface area contributed by atoms with Gasteiger partial charge in [-0.1, -0.05) is 0 Å². The van der Waals surface area contributed by atoms with Crippen molar-refractivity contribution in [2.45, 2.75) is 19.9 Å². The van der Waals surface area contributed by atoms with Gasteiger partial charge in [-0.2, -0.15) is 0 Å². The second-order valence-electron chi connectivity index (χ2n) is 5.24. The SMILES string of the molecule is CCOC(=O)C1=C(COC(=O)c2ccc(OC)cc2)NC(=O)NC1C. The van der Waals surface area contributed by atoms with Crippen LogP contribution in [0.3, 0.4) is 0 Å². The molecule has 1 heterocycles. The second-order valence-corrected chi connectivity index (χ2v) is 5.24. The minimum Gasteiger partial charge on any atom is -0.497 e. The van der Waals surface area contributed by atoms with E-state index in [2.05, 4.69) is 10.6 Å². The lowest BCUT2D eigenvalue weighted by molar-refractivity contribution is -0.139. The average molecular weight is 348 g/mol. The minimum absolute atomic E-state index is 0.196. The maximum Gasteiger partial charge on any atom is 0.338 e. The zero-order chi connectivity index (χ0) is 18.4. The molecule has 2 rings (SSSR count). The number of esters is 2. The fourth-order valence-electron chi connectivity index (χ4n) is 2.34. The Kier molecular flexibility index (Phi) is 5.99. The Labute approximate surface area is 145 Å². The van der Waals surface area contributed by atoms with Crippen molar-refractivity contribution in [2.75, 3.05) is 20.3 Å². The van der Waals surface area contributed by atoms with Crippen molar-refractivity contribution in [3.8, 4) is 5.75 Å². The predicted octanol–water partition coefficient (Wildman–Crippen LogP) is 1.37. The first kappa shape index (κ1) is 18.3. The lowest BCUT2D eigenvalue weighted by Crippen LogP contribution is -2.50. The predicted molar refractivity (Wildman–Crippen MR) is 88.1 cm³/mol. The molecule has 8 nitrogen and oxygen atoms in total. The van der Waals surface area contributed by atoms with Crippen molar-refractivity contribution in [1.82, 2.24) is 10.6 Å². The molecular weight excluding hydrogens is 328 g/mol. The summed E-state index contributed by atoms with van der Waals surface area (Å²) in [6, 6.07) is 5.36. The Morgan fingerprint density at radius 1 is 1.12 bits per heavy atom. The fraction of sp³-hybridized carbons (Fsp3) is 0.353. The fourth-order valence-corrected chi connectivity index (χ4v) is 2.34. The maximum atomic E-state index is 12.1. The molecule has 8 heteroatoms. The molecule has 1 aliphatic heterocycles. The highest BCUT2D eigenvalue weighted by Gasteiger charge is 2.30. The van der Waals surface area contributed by atoms with Crippen LogP contribution in [0.1, 0.15) is 24.2 Å². The van der Waals surface area contributed by atoms with E-state index in [0.29, 0.717) is 11.3 Å². The molecule has 0 saturated heterocycles. The molecule has 0 fully saturated rings. The van der Waals surface area contributed by atoms with Gasteiger partial charge in [0, 0.05) is 0 Å². The van der Waals surface area contributed by atoms with Crippen molar-refractivity contribution in [3.05, 3.63) is 41.1 Å². The summed E-state index contributed by atoms with van der Waals surface area (Å²) in [5, 5.41) is 5.06. The smallest absolute Gasteiger partial charge is 0.338 e. The average Bonchev–Trinajstić information content (AvgIpc) is 2.59. The molecule has 2 amide bonds. The normalized spacial score (nSPS) is 16.6. The van der Waals surface area contributed by atoms with Crippen LogP contribution in [0.4, 0.5) is 4.79 Å². The monoisotopic (exact) mass is 348 g/mol. The van der Waals surface area contributed by atoms with E-state index in [1.807, 2.05) is 0 Å². The highest BCUT2D eigenvalue weighted by atomic mass is 16.5. The van der Waals surface area contributed by atoms with Crippen LogP contribution in [0.5, 0.6) is 5.75 Å². The number of hydrogen-bond acceptors (Lipinski definition) is 6. The van der Waals surface area contributed by atoms with E-state index >= 15 is 0 Å². The van der Waals surface area contributed by atoms with Gasteiger partial charge in [0.1, 0.15) is 12.4 Å². The van der Waals surface area contributed by atoms with Crippen LogP contribution in [-0.2, 0) is 14.3 Å². The molecule has 0 bridgehead atoms. The highest BCUT2D eigenvalue weighted by molar-refractivity contribution is 5.95.